The number of aliphatic hydroxyl groups is 1. The summed E-state index contributed by atoms with van der Waals surface area (Å²) in [5.41, 5.74) is 0. The molecule has 25 heavy (non-hydrogen) atoms. The number of amides is 1. The van der Waals surface area contributed by atoms with E-state index in [-0.39, 0.29) is 25.0 Å². The Morgan fingerprint density at radius 2 is 1.76 bits per heavy atom. The van der Waals surface area contributed by atoms with Crippen molar-refractivity contribution < 1.29 is 23.5 Å². The fourth-order valence-corrected chi connectivity index (χ4v) is 8.55. The van der Waals surface area contributed by atoms with Gasteiger partial charge in [0.05, 0.1) is 22.2 Å². The summed E-state index contributed by atoms with van der Waals surface area (Å²) >= 11 is 0. The van der Waals surface area contributed by atoms with E-state index in [9.17, 15) is 9.90 Å². The number of aliphatic hydroxyl groups excluding tert-OH is 1. The fraction of sp³-hybridized carbons (Fsp3) is 0.812. The molecule has 0 aliphatic rings. The second-order valence-electron chi connectivity index (χ2n) is 8.06. The Labute approximate surface area is 157 Å². The van der Waals surface area contributed by atoms with Crippen molar-refractivity contribution in [3.63, 3.8) is 0 Å². The van der Waals surface area contributed by atoms with Crippen LogP contribution in [0.1, 0.15) is 6.42 Å². The van der Waals surface area contributed by atoms with E-state index in [0.29, 0.717) is 6.61 Å². The van der Waals surface area contributed by atoms with Gasteiger partial charge in [-0.3, -0.25) is 4.79 Å². The van der Waals surface area contributed by atoms with Crippen molar-refractivity contribution in [3.8, 4) is 0 Å². The van der Waals surface area contributed by atoms with Gasteiger partial charge in [0.15, 0.2) is 16.6 Å². The van der Waals surface area contributed by atoms with E-state index < -0.39 is 32.3 Å². The zero-order valence-corrected chi connectivity index (χ0v) is 20.2. The van der Waals surface area contributed by atoms with Crippen LogP contribution in [0.5, 0.6) is 0 Å². The number of ether oxygens (including phenoxy) is 1. The van der Waals surface area contributed by atoms with Crippen LogP contribution in [0.25, 0.3) is 0 Å². The van der Waals surface area contributed by atoms with Crippen molar-refractivity contribution in [1.29, 1.82) is 0 Å². The quantitative estimate of drug-likeness (QED) is 0.198. The average molecular weight is 408 g/mol. The third kappa shape index (κ3) is 16.9. The predicted molar refractivity (Wildman–Crippen MR) is 111 cm³/mol. The molecule has 2 N–H and O–H groups in total. The fourth-order valence-electron chi connectivity index (χ4n) is 2.01. The first-order valence-corrected chi connectivity index (χ1v) is 17.6. The van der Waals surface area contributed by atoms with Gasteiger partial charge in [0.25, 0.3) is 0 Å². The van der Waals surface area contributed by atoms with Gasteiger partial charge in [-0.15, -0.1) is 0 Å². The number of carbonyl (C=O) groups is 1. The highest BCUT2D eigenvalue weighted by atomic mass is 28.4. The first-order chi connectivity index (χ1) is 11.4. The van der Waals surface area contributed by atoms with E-state index in [0.717, 1.165) is 12.5 Å². The van der Waals surface area contributed by atoms with Crippen molar-refractivity contribution in [1.82, 2.24) is 5.32 Å². The van der Waals surface area contributed by atoms with Crippen molar-refractivity contribution in [2.75, 3.05) is 19.8 Å². The molecular weight excluding hydrogens is 370 g/mol. The van der Waals surface area contributed by atoms with Gasteiger partial charge in [0.1, 0.15) is 5.91 Å². The lowest BCUT2D eigenvalue weighted by Gasteiger charge is -2.31. The summed E-state index contributed by atoms with van der Waals surface area (Å²) in [6.07, 6.45) is 1.43. The van der Waals surface area contributed by atoms with Crippen LogP contribution in [0.15, 0.2) is 12.7 Å². The maximum Gasteiger partial charge on any atom is 0.243 e. The number of rotatable bonds is 14. The van der Waals surface area contributed by atoms with Crippen molar-refractivity contribution in [2.24, 2.45) is 0 Å². The normalized spacial score (nSPS) is 14.2. The summed E-state index contributed by atoms with van der Waals surface area (Å²) in [6, 6.07) is 1.09. The number of hydrogen-bond acceptors (Lipinski definition) is 5. The summed E-state index contributed by atoms with van der Waals surface area (Å²) in [6.45, 7) is 17.5. The smallest absolute Gasteiger partial charge is 0.243 e. The lowest BCUT2D eigenvalue weighted by molar-refractivity contribution is -0.117. The summed E-state index contributed by atoms with van der Waals surface area (Å²) in [5, 5.41) is 12.2. The molecule has 9 heteroatoms. The molecule has 0 rings (SSSR count). The molecule has 1 amide bonds. The van der Waals surface area contributed by atoms with Gasteiger partial charge >= 0.3 is 0 Å². The molecule has 1 unspecified atom stereocenters. The maximum absolute atomic E-state index is 11.0. The highest BCUT2D eigenvalue weighted by molar-refractivity contribution is 6.71. The highest BCUT2D eigenvalue weighted by Gasteiger charge is 2.26. The molecular formula is C16H37NO5Si3. The largest absolute Gasteiger partial charge is 0.398 e. The topological polar surface area (TPSA) is 77.0 Å². The summed E-state index contributed by atoms with van der Waals surface area (Å²) < 4.78 is 17.9. The van der Waals surface area contributed by atoms with Gasteiger partial charge in [-0.05, 0) is 51.8 Å². The average Bonchev–Trinajstić information content (AvgIpc) is 2.44. The van der Waals surface area contributed by atoms with Gasteiger partial charge in [-0.25, -0.2) is 0 Å². The molecule has 0 saturated heterocycles. The van der Waals surface area contributed by atoms with Gasteiger partial charge in [0.2, 0.25) is 5.91 Å². The minimum atomic E-state index is -1.61. The van der Waals surface area contributed by atoms with Gasteiger partial charge in [-0.1, -0.05) is 12.6 Å². The molecule has 0 aromatic carbocycles. The van der Waals surface area contributed by atoms with Crippen LogP contribution in [0.2, 0.25) is 45.3 Å². The summed E-state index contributed by atoms with van der Waals surface area (Å²) in [4.78, 5) is 11.0. The van der Waals surface area contributed by atoms with E-state index in [1.807, 2.05) is 0 Å². The third-order valence-corrected chi connectivity index (χ3v) is 7.28. The molecule has 0 radical (unpaired) electrons. The highest BCUT2D eigenvalue weighted by Crippen LogP contribution is 2.14. The molecule has 0 fully saturated rings. The van der Waals surface area contributed by atoms with Crippen LogP contribution in [-0.4, -0.2) is 68.9 Å². The molecule has 6 nitrogen and oxygen atoms in total. The SMILES string of the molecule is C=CC(=O)NCC(O)COCCC[SiH2]C(O[Si](C)(C)C)O[Si](C)(C)C. The minimum Gasteiger partial charge on any atom is -0.398 e. The molecule has 0 aromatic heterocycles. The summed E-state index contributed by atoms with van der Waals surface area (Å²) in [7, 11) is -3.70. The van der Waals surface area contributed by atoms with E-state index in [1.54, 1.807) is 0 Å². The van der Waals surface area contributed by atoms with Crippen LogP contribution in [-0.2, 0) is 18.4 Å². The lowest BCUT2D eigenvalue weighted by atomic mass is 10.3. The van der Waals surface area contributed by atoms with Crippen LogP contribution in [0, 0.1) is 0 Å². The van der Waals surface area contributed by atoms with Gasteiger partial charge in [-0.2, -0.15) is 0 Å². The van der Waals surface area contributed by atoms with Crippen LogP contribution in [0.3, 0.4) is 0 Å². The lowest BCUT2D eigenvalue weighted by Crippen LogP contribution is -2.43. The molecule has 0 bridgehead atoms. The molecule has 0 saturated carbocycles. The Morgan fingerprint density at radius 1 is 1.20 bits per heavy atom. The zero-order valence-electron chi connectivity index (χ0n) is 16.8. The predicted octanol–water partition coefficient (Wildman–Crippen LogP) is 1.63. The van der Waals surface area contributed by atoms with Crippen molar-refractivity contribution in [2.45, 2.75) is 63.8 Å². The minimum absolute atomic E-state index is 0.0121. The molecule has 0 heterocycles. The maximum atomic E-state index is 11.0. The zero-order chi connectivity index (χ0) is 19.5. The second kappa shape index (κ2) is 12.2. The molecule has 0 aromatic rings. The Morgan fingerprint density at radius 3 is 2.24 bits per heavy atom. The van der Waals surface area contributed by atoms with Crippen molar-refractivity contribution in [3.05, 3.63) is 12.7 Å². The standard InChI is InChI=1S/C16H37NO5Si3/c1-8-15(19)17-12-14(18)13-20-10-9-11-23-16(21-24(2,3)4)22-25(5,6)7/h8,14,16,18H,1,9-13,23H2,2-7H3,(H,17,19). The first-order valence-electron chi connectivity index (χ1n) is 8.94. The van der Waals surface area contributed by atoms with E-state index >= 15 is 0 Å². The molecule has 148 valence electrons. The number of carbonyl (C=O) groups excluding carboxylic acids is 1. The first kappa shape index (κ1) is 24.7. The Bertz CT molecular complexity index is 380. The Hall–Kier alpha value is -0.299. The van der Waals surface area contributed by atoms with Gasteiger partial charge in [0, 0.05) is 13.2 Å². The van der Waals surface area contributed by atoms with E-state index in [4.69, 9.17) is 13.6 Å². The molecule has 0 aliphatic carbocycles. The second-order valence-corrected chi connectivity index (χ2v) is 18.9. The third-order valence-electron chi connectivity index (χ3n) is 2.96. The van der Waals surface area contributed by atoms with Crippen LogP contribution < -0.4 is 5.32 Å². The molecule has 0 spiro atoms. The monoisotopic (exact) mass is 407 g/mol. The van der Waals surface area contributed by atoms with E-state index in [2.05, 4.69) is 51.2 Å². The Kier molecular flexibility index (Phi) is 12.0. The van der Waals surface area contributed by atoms with Crippen LogP contribution in [0.4, 0.5) is 0 Å². The van der Waals surface area contributed by atoms with E-state index in [1.165, 1.54) is 6.08 Å². The number of hydrogen-bond donors (Lipinski definition) is 2. The van der Waals surface area contributed by atoms with Crippen molar-refractivity contribution >= 4 is 32.1 Å². The molecule has 0 aliphatic heterocycles. The molecule has 1 atom stereocenters. The summed E-state index contributed by atoms with van der Waals surface area (Å²) in [5.74, 6) is -0.279. The number of nitrogens with one attached hydrogen (secondary N) is 1. The van der Waals surface area contributed by atoms with Gasteiger partial charge < -0.3 is 24.0 Å². The Balaban J connectivity index is 3.94. The van der Waals surface area contributed by atoms with Crippen LogP contribution >= 0.6 is 0 Å².